The molecule has 1 aromatic carbocycles. The largest absolute Gasteiger partial charge is 0.294 e. The number of rotatable bonds is 3. The maximum Gasteiger partial charge on any atom is 0.167 e. The van der Waals surface area contributed by atoms with Gasteiger partial charge < -0.3 is 0 Å². The first-order valence-corrected chi connectivity index (χ1v) is 7.21. The SMILES string of the molecule is Cc1cc(C(=O)Cc2ccc3c(c2)CCC3)cc(C)n1. The quantitative estimate of drug-likeness (QED) is 0.793. The number of ketones is 1. The van der Waals surface area contributed by atoms with Crippen molar-refractivity contribution in [3.8, 4) is 0 Å². The Balaban J connectivity index is 1.82. The highest BCUT2D eigenvalue weighted by Crippen LogP contribution is 2.23. The van der Waals surface area contributed by atoms with Gasteiger partial charge in [-0.1, -0.05) is 18.2 Å². The third-order valence-corrected chi connectivity index (χ3v) is 3.93. The van der Waals surface area contributed by atoms with Crippen LogP contribution >= 0.6 is 0 Å². The van der Waals surface area contributed by atoms with Gasteiger partial charge in [0.2, 0.25) is 0 Å². The van der Waals surface area contributed by atoms with Gasteiger partial charge in [0.15, 0.2) is 5.78 Å². The second kappa shape index (κ2) is 5.20. The lowest BCUT2D eigenvalue weighted by Crippen LogP contribution is -2.05. The normalized spacial score (nSPS) is 13.3. The summed E-state index contributed by atoms with van der Waals surface area (Å²) in [5.74, 6) is 0.177. The summed E-state index contributed by atoms with van der Waals surface area (Å²) in [4.78, 5) is 16.7. The molecular weight excluding hydrogens is 246 g/mol. The topological polar surface area (TPSA) is 30.0 Å². The fraction of sp³-hybridized carbons (Fsp3) is 0.333. The molecule has 0 saturated heterocycles. The van der Waals surface area contributed by atoms with E-state index in [1.807, 2.05) is 26.0 Å². The predicted molar refractivity (Wildman–Crippen MR) is 80.2 cm³/mol. The van der Waals surface area contributed by atoms with Gasteiger partial charge in [-0.15, -0.1) is 0 Å². The van der Waals surface area contributed by atoms with Crippen molar-refractivity contribution in [1.29, 1.82) is 0 Å². The molecule has 1 aliphatic carbocycles. The minimum atomic E-state index is 0.177. The molecule has 102 valence electrons. The summed E-state index contributed by atoms with van der Waals surface area (Å²) in [6.45, 7) is 3.86. The number of carbonyl (C=O) groups is 1. The number of Topliss-reactive ketones (excluding diaryl/α,β-unsaturated/α-hetero) is 1. The molecular formula is C18H19NO. The van der Waals surface area contributed by atoms with Crippen molar-refractivity contribution in [3.63, 3.8) is 0 Å². The van der Waals surface area contributed by atoms with Crippen LogP contribution in [0.2, 0.25) is 0 Å². The number of pyridine rings is 1. The van der Waals surface area contributed by atoms with E-state index in [-0.39, 0.29) is 5.78 Å². The van der Waals surface area contributed by atoms with Crippen molar-refractivity contribution in [2.24, 2.45) is 0 Å². The predicted octanol–water partition coefficient (Wildman–Crippen LogP) is 3.61. The molecule has 0 amide bonds. The van der Waals surface area contributed by atoms with E-state index in [4.69, 9.17) is 0 Å². The minimum absolute atomic E-state index is 0.177. The molecule has 0 unspecified atom stereocenters. The standard InChI is InChI=1S/C18H19NO/c1-12-8-17(9-13(2)19-12)18(20)11-14-6-7-15-4-3-5-16(15)10-14/h6-10H,3-5,11H2,1-2H3. The van der Waals surface area contributed by atoms with Crippen molar-refractivity contribution in [3.05, 3.63) is 64.0 Å². The van der Waals surface area contributed by atoms with Crippen LogP contribution in [0.25, 0.3) is 0 Å². The molecule has 2 nitrogen and oxygen atoms in total. The average molecular weight is 265 g/mol. The van der Waals surface area contributed by atoms with Gasteiger partial charge in [0.1, 0.15) is 0 Å². The second-order valence-corrected chi connectivity index (χ2v) is 5.70. The summed E-state index contributed by atoms with van der Waals surface area (Å²) in [5, 5.41) is 0. The average Bonchev–Trinajstić information content (AvgIpc) is 2.85. The molecule has 3 rings (SSSR count). The van der Waals surface area contributed by atoms with Gasteiger partial charge in [0.25, 0.3) is 0 Å². The van der Waals surface area contributed by atoms with Crippen molar-refractivity contribution in [1.82, 2.24) is 4.98 Å². The Morgan fingerprint density at radius 2 is 1.75 bits per heavy atom. The lowest BCUT2D eigenvalue weighted by Gasteiger charge is -2.06. The molecule has 20 heavy (non-hydrogen) atoms. The lowest BCUT2D eigenvalue weighted by molar-refractivity contribution is 0.0992. The highest BCUT2D eigenvalue weighted by atomic mass is 16.1. The van der Waals surface area contributed by atoms with E-state index in [2.05, 4.69) is 23.2 Å². The number of hydrogen-bond acceptors (Lipinski definition) is 2. The van der Waals surface area contributed by atoms with E-state index in [0.29, 0.717) is 6.42 Å². The van der Waals surface area contributed by atoms with Crippen LogP contribution in [-0.2, 0) is 19.3 Å². The van der Waals surface area contributed by atoms with Crippen LogP contribution in [0.15, 0.2) is 30.3 Å². The van der Waals surface area contributed by atoms with E-state index in [9.17, 15) is 4.79 Å². The Morgan fingerprint density at radius 1 is 1.05 bits per heavy atom. The summed E-state index contributed by atoms with van der Waals surface area (Å²) in [5.41, 5.74) is 6.59. The fourth-order valence-corrected chi connectivity index (χ4v) is 3.02. The summed E-state index contributed by atoms with van der Waals surface area (Å²) in [7, 11) is 0. The maximum atomic E-state index is 12.4. The fourth-order valence-electron chi connectivity index (χ4n) is 3.02. The smallest absolute Gasteiger partial charge is 0.167 e. The van der Waals surface area contributed by atoms with Crippen molar-refractivity contribution < 1.29 is 4.79 Å². The van der Waals surface area contributed by atoms with Crippen LogP contribution in [0.5, 0.6) is 0 Å². The summed E-state index contributed by atoms with van der Waals surface area (Å²) >= 11 is 0. The number of nitrogens with zero attached hydrogens (tertiary/aromatic N) is 1. The second-order valence-electron chi connectivity index (χ2n) is 5.70. The molecule has 2 heteroatoms. The molecule has 1 aliphatic rings. The van der Waals surface area contributed by atoms with Gasteiger partial charge in [-0.2, -0.15) is 0 Å². The van der Waals surface area contributed by atoms with Gasteiger partial charge >= 0.3 is 0 Å². The van der Waals surface area contributed by atoms with Crippen LogP contribution < -0.4 is 0 Å². The van der Waals surface area contributed by atoms with E-state index in [1.54, 1.807) is 0 Å². The Labute approximate surface area is 119 Å². The van der Waals surface area contributed by atoms with Crippen LogP contribution in [-0.4, -0.2) is 10.8 Å². The van der Waals surface area contributed by atoms with E-state index in [0.717, 1.165) is 28.9 Å². The zero-order chi connectivity index (χ0) is 14.1. The number of benzene rings is 1. The summed E-state index contributed by atoms with van der Waals surface area (Å²) in [6.07, 6.45) is 4.07. The molecule has 0 atom stereocenters. The summed E-state index contributed by atoms with van der Waals surface area (Å²) < 4.78 is 0. The number of hydrogen-bond donors (Lipinski definition) is 0. The van der Waals surface area contributed by atoms with Gasteiger partial charge in [-0.05, 0) is 61.9 Å². The minimum Gasteiger partial charge on any atom is -0.294 e. The van der Waals surface area contributed by atoms with Crippen molar-refractivity contribution >= 4 is 5.78 Å². The van der Waals surface area contributed by atoms with Crippen molar-refractivity contribution in [2.75, 3.05) is 0 Å². The lowest BCUT2D eigenvalue weighted by atomic mass is 9.99. The summed E-state index contributed by atoms with van der Waals surface area (Å²) in [6, 6.07) is 10.3. The molecule has 0 fully saturated rings. The Bertz CT molecular complexity index is 653. The molecule has 0 radical (unpaired) electrons. The molecule has 0 spiro atoms. The number of aromatic nitrogens is 1. The molecule has 0 saturated carbocycles. The van der Waals surface area contributed by atoms with Gasteiger partial charge in [0.05, 0.1) is 0 Å². The molecule has 0 N–H and O–H groups in total. The zero-order valence-corrected chi connectivity index (χ0v) is 12.1. The third kappa shape index (κ3) is 2.64. The van der Waals surface area contributed by atoms with E-state index in [1.165, 1.54) is 24.0 Å². The monoisotopic (exact) mass is 265 g/mol. The van der Waals surface area contributed by atoms with Crippen LogP contribution in [0.1, 0.15) is 44.9 Å². The van der Waals surface area contributed by atoms with Gasteiger partial charge in [-0.25, -0.2) is 0 Å². The number of carbonyl (C=O) groups excluding carboxylic acids is 1. The maximum absolute atomic E-state index is 12.4. The Hall–Kier alpha value is -1.96. The van der Waals surface area contributed by atoms with E-state index < -0.39 is 0 Å². The Morgan fingerprint density at radius 3 is 2.50 bits per heavy atom. The van der Waals surface area contributed by atoms with Gasteiger partial charge in [-0.3, -0.25) is 9.78 Å². The number of aryl methyl sites for hydroxylation is 4. The van der Waals surface area contributed by atoms with Crippen LogP contribution in [0.3, 0.4) is 0 Å². The third-order valence-electron chi connectivity index (χ3n) is 3.93. The highest BCUT2D eigenvalue weighted by molar-refractivity contribution is 5.97. The first kappa shape index (κ1) is 13.0. The first-order valence-electron chi connectivity index (χ1n) is 7.21. The van der Waals surface area contributed by atoms with Crippen LogP contribution in [0.4, 0.5) is 0 Å². The van der Waals surface area contributed by atoms with Crippen LogP contribution in [0, 0.1) is 13.8 Å². The molecule has 1 aromatic heterocycles. The number of fused-ring (bicyclic) bond motifs is 1. The zero-order valence-electron chi connectivity index (χ0n) is 12.1. The first-order chi connectivity index (χ1) is 9.61. The van der Waals surface area contributed by atoms with Gasteiger partial charge in [0, 0.05) is 23.4 Å². The van der Waals surface area contributed by atoms with Crippen molar-refractivity contribution in [2.45, 2.75) is 39.5 Å². The Kier molecular flexibility index (Phi) is 3.39. The molecule has 2 aromatic rings. The molecule has 0 bridgehead atoms. The highest BCUT2D eigenvalue weighted by Gasteiger charge is 2.13. The van der Waals surface area contributed by atoms with E-state index >= 15 is 0 Å². The molecule has 1 heterocycles. The molecule has 0 aliphatic heterocycles.